The van der Waals surface area contributed by atoms with Crippen molar-refractivity contribution in [3.05, 3.63) is 84.4 Å². The average Bonchev–Trinajstić information content (AvgIpc) is 3.75. The Morgan fingerprint density at radius 2 is 1.40 bits per heavy atom. The number of aromatic nitrogens is 3. The molecule has 3 aromatic rings. The summed E-state index contributed by atoms with van der Waals surface area (Å²) in [4.78, 5) is 41.9. The van der Waals surface area contributed by atoms with Gasteiger partial charge in [0.15, 0.2) is 0 Å². The summed E-state index contributed by atoms with van der Waals surface area (Å²) in [6.45, 7) is 26.2. The molecule has 4 heterocycles. The highest BCUT2D eigenvalue weighted by Crippen LogP contribution is 2.43. The monoisotopic (exact) mass is 654 g/mol. The Bertz CT molecular complexity index is 1870. The Kier molecular flexibility index (Phi) is 9.36. The maximum absolute atomic E-state index is 13.0. The van der Waals surface area contributed by atoms with E-state index in [1.165, 1.54) is 27.8 Å². The Morgan fingerprint density at radius 1 is 0.792 bits per heavy atom. The number of H-pyrrole nitrogens is 3. The quantitative estimate of drug-likeness (QED) is 0.210. The van der Waals surface area contributed by atoms with E-state index in [1.54, 1.807) is 0 Å². The van der Waals surface area contributed by atoms with E-state index in [1.807, 2.05) is 48.5 Å². The molecule has 1 atom stereocenters. The molecule has 2 aliphatic rings. The molecule has 0 bridgehead atoms. The highest BCUT2D eigenvalue weighted by molar-refractivity contribution is 6.10. The number of carbonyl (C=O) groups is 2. The van der Waals surface area contributed by atoms with Gasteiger partial charge >= 0.3 is 11.9 Å². The first-order valence-electron chi connectivity index (χ1n) is 17.4. The Labute approximate surface area is 285 Å². The third-order valence-electron chi connectivity index (χ3n) is 9.90. The number of allylic oxidation sites excluding steroid dienone is 2. The summed E-state index contributed by atoms with van der Waals surface area (Å²) in [5, 5.41) is 0. The van der Waals surface area contributed by atoms with Gasteiger partial charge in [0.05, 0.1) is 11.4 Å². The molecule has 1 unspecified atom stereocenters. The van der Waals surface area contributed by atoms with Crippen LogP contribution in [0.2, 0.25) is 0 Å². The summed E-state index contributed by atoms with van der Waals surface area (Å²) in [6.07, 6.45) is 6.33. The van der Waals surface area contributed by atoms with Crippen molar-refractivity contribution in [2.24, 2.45) is 4.99 Å². The Morgan fingerprint density at radius 3 is 1.98 bits per heavy atom. The van der Waals surface area contributed by atoms with Crippen LogP contribution in [-0.2, 0) is 28.7 Å². The highest BCUT2D eigenvalue weighted by atomic mass is 16.6. The standard InChI is InChI=1S/C40H54N4O4/c1-14-25-22(5)31(42-34(25)28-17-16-27-24(7)33(44-35(27)28)37(45)47-39(8,9)10)18-29-20(3)21(4)30(41-29)19-32-23(6)26(15-2)36(43-32)38(46)48-40(11,12)13/h18,28,41,43-44H,14-17,19H2,1-13H3/b31-18-. The molecule has 0 saturated heterocycles. The molecule has 8 heteroatoms. The maximum Gasteiger partial charge on any atom is 0.355 e. The van der Waals surface area contributed by atoms with Crippen molar-refractivity contribution in [1.82, 2.24) is 15.0 Å². The topological polar surface area (TPSA) is 112 Å². The Balaban J connectivity index is 1.46. The van der Waals surface area contributed by atoms with Gasteiger partial charge < -0.3 is 24.4 Å². The number of aliphatic imine (C=N–C) groups is 1. The molecule has 0 saturated carbocycles. The summed E-state index contributed by atoms with van der Waals surface area (Å²) in [5.74, 6) is -0.512. The molecule has 1 aliphatic carbocycles. The van der Waals surface area contributed by atoms with Crippen LogP contribution >= 0.6 is 0 Å². The third-order valence-corrected chi connectivity index (χ3v) is 9.90. The van der Waals surface area contributed by atoms with Gasteiger partial charge in [-0.2, -0.15) is 0 Å². The van der Waals surface area contributed by atoms with Gasteiger partial charge in [-0.25, -0.2) is 9.59 Å². The van der Waals surface area contributed by atoms with Crippen molar-refractivity contribution in [3.63, 3.8) is 0 Å². The summed E-state index contributed by atoms with van der Waals surface area (Å²) in [6, 6.07) is 0. The summed E-state index contributed by atoms with van der Waals surface area (Å²) < 4.78 is 11.4. The van der Waals surface area contributed by atoms with Gasteiger partial charge in [0.1, 0.15) is 22.6 Å². The first kappa shape index (κ1) is 35.2. The normalized spacial score (nSPS) is 17.4. The fourth-order valence-electron chi connectivity index (χ4n) is 7.24. The number of aromatic amines is 3. The zero-order valence-corrected chi connectivity index (χ0v) is 31.3. The maximum atomic E-state index is 13.0. The zero-order valence-electron chi connectivity index (χ0n) is 31.3. The van der Waals surface area contributed by atoms with Crippen LogP contribution in [0.5, 0.6) is 0 Å². The second-order valence-corrected chi connectivity index (χ2v) is 15.5. The molecule has 0 spiro atoms. The minimum atomic E-state index is -0.562. The summed E-state index contributed by atoms with van der Waals surface area (Å²) in [5.41, 5.74) is 15.5. The number of nitrogens with one attached hydrogen (secondary N) is 3. The van der Waals surface area contributed by atoms with Crippen molar-refractivity contribution in [2.45, 2.75) is 139 Å². The number of ether oxygens (including phenoxy) is 2. The minimum Gasteiger partial charge on any atom is -0.455 e. The van der Waals surface area contributed by atoms with E-state index < -0.39 is 11.2 Å². The molecular weight excluding hydrogens is 600 g/mol. The lowest BCUT2D eigenvalue weighted by molar-refractivity contribution is 0.00499. The first-order chi connectivity index (χ1) is 22.3. The molecule has 0 radical (unpaired) electrons. The number of fused-ring (bicyclic) bond motifs is 1. The van der Waals surface area contributed by atoms with E-state index >= 15 is 0 Å². The van der Waals surface area contributed by atoms with Gasteiger partial charge in [-0.3, -0.25) is 4.99 Å². The van der Waals surface area contributed by atoms with Crippen LogP contribution in [0.25, 0.3) is 6.08 Å². The number of rotatable bonds is 8. The first-order valence-corrected chi connectivity index (χ1v) is 17.4. The van der Waals surface area contributed by atoms with Crippen LogP contribution in [0.1, 0.15) is 158 Å². The largest absolute Gasteiger partial charge is 0.455 e. The van der Waals surface area contributed by atoms with Crippen molar-refractivity contribution in [1.29, 1.82) is 0 Å². The number of hydrogen-bond donors (Lipinski definition) is 3. The molecule has 48 heavy (non-hydrogen) atoms. The van der Waals surface area contributed by atoms with E-state index in [2.05, 4.69) is 62.6 Å². The molecule has 5 rings (SSSR count). The molecule has 0 aromatic carbocycles. The van der Waals surface area contributed by atoms with E-state index in [0.29, 0.717) is 17.8 Å². The van der Waals surface area contributed by atoms with Crippen LogP contribution in [-0.4, -0.2) is 43.8 Å². The summed E-state index contributed by atoms with van der Waals surface area (Å²) in [7, 11) is 0. The van der Waals surface area contributed by atoms with Crippen LogP contribution < -0.4 is 0 Å². The highest BCUT2D eigenvalue weighted by Gasteiger charge is 2.37. The minimum absolute atomic E-state index is 0.107. The molecule has 8 nitrogen and oxygen atoms in total. The SMILES string of the molecule is CCC1=C(C)/C(=C/c2[nH]c(Cc3[nH]c(C(=O)OC(C)(C)C)c(CC)c3C)c(C)c2C)N=C1C1CCc2c1[nH]c(C(=O)OC(C)(C)C)c2C. The van der Waals surface area contributed by atoms with Crippen molar-refractivity contribution >= 4 is 23.7 Å². The van der Waals surface area contributed by atoms with Gasteiger partial charge in [0.2, 0.25) is 0 Å². The zero-order chi connectivity index (χ0) is 35.5. The van der Waals surface area contributed by atoms with Crippen molar-refractivity contribution < 1.29 is 19.1 Å². The fourth-order valence-corrected chi connectivity index (χ4v) is 7.24. The number of hydrogen-bond acceptors (Lipinski definition) is 5. The van der Waals surface area contributed by atoms with E-state index in [9.17, 15) is 9.59 Å². The molecule has 3 aromatic heterocycles. The molecule has 258 valence electrons. The van der Waals surface area contributed by atoms with Crippen molar-refractivity contribution in [2.75, 3.05) is 0 Å². The van der Waals surface area contributed by atoms with Gasteiger partial charge in [0, 0.05) is 35.1 Å². The molecular formula is C40H54N4O4. The average molecular weight is 655 g/mol. The van der Waals surface area contributed by atoms with Gasteiger partial charge in [0.25, 0.3) is 0 Å². The van der Waals surface area contributed by atoms with Gasteiger partial charge in [-0.05, 0) is 152 Å². The molecule has 0 fully saturated rings. The lowest BCUT2D eigenvalue weighted by atomic mass is 9.92. The van der Waals surface area contributed by atoms with E-state index in [-0.39, 0.29) is 17.9 Å². The second kappa shape index (κ2) is 12.8. The number of esters is 2. The fraction of sp³-hybridized carbons (Fsp3) is 0.525. The predicted octanol–water partition coefficient (Wildman–Crippen LogP) is 9.22. The number of nitrogens with zero attached hydrogens (tertiary/aromatic N) is 1. The van der Waals surface area contributed by atoms with E-state index in [0.717, 1.165) is 76.6 Å². The lowest BCUT2D eigenvalue weighted by Gasteiger charge is -2.19. The van der Waals surface area contributed by atoms with Gasteiger partial charge in [-0.1, -0.05) is 13.8 Å². The third kappa shape index (κ3) is 6.63. The smallest absolute Gasteiger partial charge is 0.355 e. The summed E-state index contributed by atoms with van der Waals surface area (Å²) >= 11 is 0. The predicted molar refractivity (Wildman–Crippen MR) is 193 cm³/mol. The van der Waals surface area contributed by atoms with Crippen molar-refractivity contribution in [3.8, 4) is 0 Å². The molecule has 0 amide bonds. The van der Waals surface area contributed by atoms with Crippen LogP contribution in [0.15, 0.2) is 21.8 Å². The van der Waals surface area contributed by atoms with Crippen LogP contribution in [0, 0.1) is 27.7 Å². The lowest BCUT2D eigenvalue weighted by Crippen LogP contribution is -2.24. The second-order valence-electron chi connectivity index (χ2n) is 15.5. The van der Waals surface area contributed by atoms with E-state index in [4.69, 9.17) is 14.5 Å². The van der Waals surface area contributed by atoms with Crippen LogP contribution in [0.4, 0.5) is 0 Å². The van der Waals surface area contributed by atoms with Gasteiger partial charge in [-0.15, -0.1) is 0 Å². The molecule has 1 aliphatic heterocycles. The Hall–Kier alpha value is -4.07. The number of carbonyl (C=O) groups excluding carboxylic acids is 2. The van der Waals surface area contributed by atoms with Crippen LogP contribution in [0.3, 0.4) is 0 Å². The molecule has 3 N–H and O–H groups in total.